The van der Waals surface area contributed by atoms with Crippen molar-refractivity contribution < 1.29 is 19.2 Å². The molecular formula is C12H10N2O5. The first-order valence-electron chi connectivity index (χ1n) is 5.31. The van der Waals surface area contributed by atoms with E-state index in [9.17, 15) is 19.7 Å². The van der Waals surface area contributed by atoms with Gasteiger partial charge in [-0.1, -0.05) is 0 Å². The molecule has 0 saturated carbocycles. The summed E-state index contributed by atoms with van der Waals surface area (Å²) in [5.41, 5.74) is 0.576. The van der Waals surface area contributed by atoms with Gasteiger partial charge in [0, 0.05) is 30.1 Å². The summed E-state index contributed by atoms with van der Waals surface area (Å²) in [7, 11) is 2.80. The normalized spacial score (nSPS) is 10.4. The van der Waals surface area contributed by atoms with E-state index in [2.05, 4.69) is 4.74 Å². The van der Waals surface area contributed by atoms with E-state index < -0.39 is 10.9 Å². The van der Waals surface area contributed by atoms with Gasteiger partial charge in [-0.25, -0.2) is 4.79 Å². The van der Waals surface area contributed by atoms with Gasteiger partial charge in [-0.15, -0.1) is 0 Å². The van der Waals surface area contributed by atoms with E-state index in [-0.39, 0.29) is 16.9 Å². The number of nitro benzene ring substituents is 1. The van der Waals surface area contributed by atoms with Crippen LogP contribution in [0.3, 0.4) is 0 Å². The molecule has 0 aliphatic carbocycles. The first kappa shape index (κ1) is 12.7. The molecule has 0 N–H and O–H groups in total. The van der Waals surface area contributed by atoms with Crippen molar-refractivity contribution >= 4 is 28.8 Å². The number of rotatable bonds is 3. The van der Waals surface area contributed by atoms with Crippen LogP contribution in [0.4, 0.5) is 5.69 Å². The fourth-order valence-electron chi connectivity index (χ4n) is 2.04. The first-order valence-corrected chi connectivity index (χ1v) is 5.31. The van der Waals surface area contributed by atoms with Crippen LogP contribution in [-0.2, 0) is 11.8 Å². The highest BCUT2D eigenvalue weighted by Gasteiger charge is 2.22. The Hall–Kier alpha value is -2.70. The van der Waals surface area contributed by atoms with E-state index >= 15 is 0 Å². The number of aldehydes is 1. The van der Waals surface area contributed by atoms with E-state index in [4.69, 9.17) is 0 Å². The van der Waals surface area contributed by atoms with Crippen LogP contribution in [0.15, 0.2) is 18.2 Å². The number of benzene rings is 1. The lowest BCUT2D eigenvalue weighted by molar-refractivity contribution is -0.384. The molecule has 19 heavy (non-hydrogen) atoms. The van der Waals surface area contributed by atoms with Gasteiger partial charge >= 0.3 is 5.97 Å². The molecule has 0 saturated heterocycles. The molecule has 0 aliphatic heterocycles. The second-order valence-corrected chi connectivity index (χ2v) is 3.89. The predicted octanol–water partition coefficient (Wildman–Crippen LogP) is 1.69. The molecule has 0 unspecified atom stereocenters. The fraction of sp³-hybridized carbons (Fsp3) is 0.167. The Morgan fingerprint density at radius 3 is 2.68 bits per heavy atom. The van der Waals surface area contributed by atoms with Gasteiger partial charge in [-0.2, -0.15) is 0 Å². The predicted molar refractivity (Wildman–Crippen MR) is 66.3 cm³/mol. The molecule has 0 fully saturated rings. The van der Waals surface area contributed by atoms with Crippen LogP contribution in [0.5, 0.6) is 0 Å². The summed E-state index contributed by atoms with van der Waals surface area (Å²) in [4.78, 5) is 33.0. The van der Waals surface area contributed by atoms with Crippen LogP contribution >= 0.6 is 0 Å². The molecule has 7 heteroatoms. The maximum Gasteiger partial charge on any atom is 0.355 e. The number of nitro groups is 1. The number of aromatic nitrogens is 1. The Morgan fingerprint density at radius 2 is 2.16 bits per heavy atom. The molecule has 0 aliphatic rings. The van der Waals surface area contributed by atoms with Crippen LogP contribution in [0.1, 0.15) is 20.8 Å². The number of hydrogen-bond acceptors (Lipinski definition) is 5. The second-order valence-electron chi connectivity index (χ2n) is 3.89. The van der Waals surface area contributed by atoms with Crippen LogP contribution in [0.25, 0.3) is 10.9 Å². The molecule has 1 aromatic carbocycles. The molecule has 0 radical (unpaired) electrons. The Morgan fingerprint density at radius 1 is 1.47 bits per heavy atom. The number of esters is 1. The minimum Gasteiger partial charge on any atom is -0.464 e. The van der Waals surface area contributed by atoms with Crippen molar-refractivity contribution in [1.82, 2.24) is 4.57 Å². The topological polar surface area (TPSA) is 91.4 Å². The Kier molecular flexibility index (Phi) is 3.04. The van der Waals surface area contributed by atoms with Crippen molar-refractivity contribution in [3.63, 3.8) is 0 Å². The third kappa shape index (κ3) is 1.85. The Labute approximate surface area is 107 Å². The molecular weight excluding hydrogens is 252 g/mol. The number of ether oxygens (including phenoxy) is 1. The number of fused-ring (bicyclic) bond motifs is 1. The van der Waals surface area contributed by atoms with Crippen LogP contribution < -0.4 is 0 Å². The lowest BCUT2D eigenvalue weighted by Crippen LogP contribution is -2.09. The summed E-state index contributed by atoms with van der Waals surface area (Å²) < 4.78 is 6.10. The molecule has 98 valence electrons. The zero-order valence-corrected chi connectivity index (χ0v) is 10.2. The third-order valence-corrected chi connectivity index (χ3v) is 2.93. The largest absolute Gasteiger partial charge is 0.464 e. The molecule has 0 spiro atoms. The quantitative estimate of drug-likeness (QED) is 0.363. The molecule has 0 atom stereocenters. The molecule has 2 rings (SSSR count). The monoisotopic (exact) mass is 262 g/mol. The number of carbonyl (C=O) groups is 2. The molecule has 0 bridgehead atoms. The third-order valence-electron chi connectivity index (χ3n) is 2.93. The minimum absolute atomic E-state index is 0.0768. The number of carbonyl (C=O) groups excluding carboxylic acids is 2. The first-order chi connectivity index (χ1) is 9.01. The van der Waals surface area contributed by atoms with Crippen molar-refractivity contribution in [3.05, 3.63) is 39.6 Å². The number of hydrogen-bond donors (Lipinski definition) is 0. The van der Waals surface area contributed by atoms with Gasteiger partial charge in [0.15, 0.2) is 6.29 Å². The summed E-state index contributed by atoms with van der Waals surface area (Å²) >= 11 is 0. The van der Waals surface area contributed by atoms with E-state index in [1.165, 1.54) is 29.9 Å². The average molecular weight is 262 g/mol. The van der Waals surface area contributed by atoms with Gasteiger partial charge in [0.1, 0.15) is 5.69 Å². The smallest absolute Gasteiger partial charge is 0.355 e. The average Bonchev–Trinajstić information content (AvgIpc) is 2.70. The van der Waals surface area contributed by atoms with Crippen LogP contribution in [0.2, 0.25) is 0 Å². The maximum absolute atomic E-state index is 11.7. The number of aryl methyl sites for hydroxylation is 1. The summed E-state index contributed by atoms with van der Waals surface area (Å²) in [6.45, 7) is 0. The highest BCUT2D eigenvalue weighted by molar-refractivity contribution is 6.09. The van der Waals surface area contributed by atoms with Crippen molar-refractivity contribution in [3.8, 4) is 0 Å². The highest BCUT2D eigenvalue weighted by atomic mass is 16.6. The van der Waals surface area contributed by atoms with Gasteiger partial charge in [0.25, 0.3) is 5.69 Å². The van der Waals surface area contributed by atoms with E-state index in [0.29, 0.717) is 17.2 Å². The van der Waals surface area contributed by atoms with Crippen LogP contribution in [-0.4, -0.2) is 28.9 Å². The molecule has 7 nitrogen and oxygen atoms in total. The zero-order valence-electron chi connectivity index (χ0n) is 10.2. The van der Waals surface area contributed by atoms with Gasteiger partial charge in [-0.3, -0.25) is 14.9 Å². The fourth-order valence-corrected chi connectivity index (χ4v) is 2.04. The summed E-state index contributed by atoms with van der Waals surface area (Å²) in [5.74, 6) is -0.663. The van der Waals surface area contributed by atoms with Gasteiger partial charge in [0.2, 0.25) is 0 Å². The Balaban J connectivity index is 2.85. The Bertz CT molecular complexity index is 702. The van der Waals surface area contributed by atoms with E-state index in [1.54, 1.807) is 7.05 Å². The number of methoxy groups -OCH3 is 1. The lowest BCUT2D eigenvalue weighted by atomic mass is 10.1. The highest BCUT2D eigenvalue weighted by Crippen LogP contribution is 2.28. The van der Waals surface area contributed by atoms with Crippen molar-refractivity contribution in [1.29, 1.82) is 0 Å². The summed E-state index contributed by atoms with van der Waals surface area (Å²) in [5, 5.41) is 11.1. The number of nitrogens with zero attached hydrogens (tertiary/aromatic N) is 2. The molecule has 2 aromatic rings. The zero-order chi connectivity index (χ0) is 14.2. The van der Waals surface area contributed by atoms with E-state index in [0.717, 1.165) is 0 Å². The standard InChI is InChI=1S/C12H10N2O5/c1-13-10-4-3-7(14(17)18)5-8(10)9(6-15)11(13)12(16)19-2/h3-6H,1-2H3. The maximum atomic E-state index is 11.7. The lowest BCUT2D eigenvalue weighted by Gasteiger charge is -2.02. The minimum atomic E-state index is -0.663. The van der Waals surface area contributed by atoms with Crippen molar-refractivity contribution in [2.75, 3.05) is 7.11 Å². The summed E-state index contributed by atoms with van der Waals surface area (Å²) in [6.07, 6.45) is 0.498. The van der Waals surface area contributed by atoms with Gasteiger partial charge < -0.3 is 9.30 Å². The van der Waals surface area contributed by atoms with Crippen LogP contribution in [0, 0.1) is 10.1 Å². The molecule has 1 heterocycles. The SMILES string of the molecule is COC(=O)c1c(C=O)c2cc([N+](=O)[O-])ccc2n1C. The summed E-state index contributed by atoms with van der Waals surface area (Å²) in [6, 6.07) is 4.08. The van der Waals surface area contributed by atoms with E-state index in [1.807, 2.05) is 0 Å². The van der Waals surface area contributed by atoms with Crippen molar-refractivity contribution in [2.24, 2.45) is 7.05 Å². The second kappa shape index (κ2) is 4.52. The molecule has 0 amide bonds. The van der Waals surface area contributed by atoms with Gasteiger partial charge in [0.05, 0.1) is 17.6 Å². The number of non-ortho nitro benzene ring substituents is 1. The van der Waals surface area contributed by atoms with Gasteiger partial charge in [-0.05, 0) is 6.07 Å². The molecule has 1 aromatic heterocycles. The van der Waals surface area contributed by atoms with Crippen molar-refractivity contribution in [2.45, 2.75) is 0 Å².